The molecule has 1 aliphatic rings. The lowest BCUT2D eigenvalue weighted by Gasteiger charge is -2.28. The molecule has 1 saturated heterocycles. The van der Waals surface area contributed by atoms with Gasteiger partial charge in [0.1, 0.15) is 6.54 Å². The number of rotatable bonds is 6. The Morgan fingerprint density at radius 3 is 2.75 bits per heavy atom. The first-order chi connectivity index (χ1) is 13.2. The van der Waals surface area contributed by atoms with E-state index < -0.39 is 15.4 Å². The molecular formula is C18H21Cl2N3O4S. The summed E-state index contributed by atoms with van der Waals surface area (Å²) in [6.07, 6.45) is 3.34. The third kappa shape index (κ3) is 4.50. The van der Waals surface area contributed by atoms with Gasteiger partial charge in [0.25, 0.3) is 5.56 Å². The molecule has 0 aliphatic carbocycles. The lowest BCUT2D eigenvalue weighted by molar-refractivity contribution is -0.133. The lowest BCUT2D eigenvalue weighted by atomic mass is 10.2. The molecule has 2 aromatic rings. The van der Waals surface area contributed by atoms with Gasteiger partial charge in [-0.25, -0.2) is 13.4 Å². The van der Waals surface area contributed by atoms with Gasteiger partial charge < -0.3 is 4.90 Å². The molecule has 28 heavy (non-hydrogen) atoms. The Kier molecular flexibility index (Phi) is 6.31. The van der Waals surface area contributed by atoms with Crippen LogP contribution in [0.2, 0.25) is 10.0 Å². The van der Waals surface area contributed by atoms with E-state index >= 15 is 0 Å². The van der Waals surface area contributed by atoms with Crippen LogP contribution in [0.1, 0.15) is 26.2 Å². The summed E-state index contributed by atoms with van der Waals surface area (Å²) in [6.45, 7) is 2.24. The molecule has 152 valence electrons. The fourth-order valence-corrected chi connectivity index (χ4v) is 5.68. The number of fused-ring (bicyclic) bond motifs is 1. The van der Waals surface area contributed by atoms with E-state index in [1.54, 1.807) is 4.90 Å². The minimum atomic E-state index is -3.12. The van der Waals surface area contributed by atoms with Crippen molar-refractivity contribution in [1.82, 2.24) is 14.5 Å². The van der Waals surface area contributed by atoms with E-state index in [1.165, 1.54) is 23.0 Å². The van der Waals surface area contributed by atoms with Gasteiger partial charge in [0, 0.05) is 17.6 Å². The van der Waals surface area contributed by atoms with Gasteiger partial charge in [-0.3, -0.25) is 14.2 Å². The van der Waals surface area contributed by atoms with Gasteiger partial charge in [-0.1, -0.05) is 36.5 Å². The number of carbonyl (C=O) groups excluding carboxylic acids is 1. The maximum atomic E-state index is 12.9. The maximum absolute atomic E-state index is 12.9. The highest BCUT2D eigenvalue weighted by Crippen LogP contribution is 2.24. The molecule has 0 bridgehead atoms. The standard InChI is InChI=1S/C18H21Cl2N3O4S/c1-2-3-5-23(13-4-6-28(26,27)10-13)16(24)9-22-11-21-17-14(18(22)25)7-12(19)8-15(17)20/h7-8,11,13H,2-6,9-10H2,1H3. The molecule has 0 N–H and O–H groups in total. The number of carbonyl (C=O) groups is 1. The van der Waals surface area contributed by atoms with Crippen molar-refractivity contribution in [2.75, 3.05) is 18.1 Å². The Labute approximate surface area is 173 Å². The summed E-state index contributed by atoms with van der Waals surface area (Å²) in [5.41, 5.74) is -0.0956. The van der Waals surface area contributed by atoms with E-state index in [2.05, 4.69) is 4.98 Å². The first-order valence-electron chi connectivity index (χ1n) is 9.06. The zero-order valence-electron chi connectivity index (χ0n) is 15.4. The van der Waals surface area contributed by atoms with Crippen LogP contribution in [-0.4, -0.2) is 52.9 Å². The highest BCUT2D eigenvalue weighted by molar-refractivity contribution is 7.91. The van der Waals surface area contributed by atoms with Crippen LogP contribution in [0.4, 0.5) is 0 Å². The number of aromatic nitrogens is 2. The van der Waals surface area contributed by atoms with E-state index in [4.69, 9.17) is 23.2 Å². The zero-order valence-corrected chi connectivity index (χ0v) is 17.7. The topological polar surface area (TPSA) is 89.3 Å². The normalized spacial score (nSPS) is 18.5. The van der Waals surface area contributed by atoms with Crippen molar-refractivity contribution >= 4 is 49.8 Å². The van der Waals surface area contributed by atoms with Crippen molar-refractivity contribution in [3.05, 3.63) is 38.9 Å². The van der Waals surface area contributed by atoms with Crippen LogP contribution in [0.15, 0.2) is 23.3 Å². The molecule has 0 saturated carbocycles. The minimum absolute atomic E-state index is 0.0292. The van der Waals surface area contributed by atoms with Gasteiger partial charge in [-0.05, 0) is 25.0 Å². The predicted molar refractivity (Wildman–Crippen MR) is 110 cm³/mol. The Morgan fingerprint density at radius 1 is 1.36 bits per heavy atom. The average Bonchev–Trinajstić information content (AvgIpc) is 2.97. The molecule has 1 unspecified atom stereocenters. The second-order valence-corrected chi connectivity index (χ2v) is 10.0. The molecule has 7 nitrogen and oxygen atoms in total. The summed E-state index contributed by atoms with van der Waals surface area (Å²) in [5, 5.41) is 0.802. The highest BCUT2D eigenvalue weighted by Gasteiger charge is 2.34. The number of amides is 1. The second kappa shape index (κ2) is 8.39. The monoisotopic (exact) mass is 445 g/mol. The van der Waals surface area contributed by atoms with Crippen molar-refractivity contribution in [3.63, 3.8) is 0 Å². The number of benzene rings is 1. The van der Waals surface area contributed by atoms with Crippen molar-refractivity contribution in [2.45, 2.75) is 38.8 Å². The van der Waals surface area contributed by atoms with Crippen molar-refractivity contribution in [1.29, 1.82) is 0 Å². The Balaban J connectivity index is 1.89. The Hall–Kier alpha value is -1.64. The van der Waals surface area contributed by atoms with Crippen LogP contribution in [0.3, 0.4) is 0 Å². The molecule has 1 aromatic carbocycles. The van der Waals surface area contributed by atoms with Crippen LogP contribution < -0.4 is 5.56 Å². The molecule has 1 aromatic heterocycles. The van der Waals surface area contributed by atoms with Crippen LogP contribution in [0.5, 0.6) is 0 Å². The van der Waals surface area contributed by atoms with Gasteiger partial charge in [0.05, 0.1) is 33.8 Å². The summed E-state index contributed by atoms with van der Waals surface area (Å²) in [5.74, 6) is -0.243. The zero-order chi connectivity index (χ0) is 20.5. The lowest BCUT2D eigenvalue weighted by Crippen LogP contribution is -2.44. The van der Waals surface area contributed by atoms with Gasteiger partial charge in [0.2, 0.25) is 5.91 Å². The first-order valence-corrected chi connectivity index (χ1v) is 11.6. The summed E-state index contributed by atoms with van der Waals surface area (Å²) in [6, 6.07) is 2.62. The highest BCUT2D eigenvalue weighted by atomic mass is 35.5. The van der Waals surface area contributed by atoms with Crippen LogP contribution in [-0.2, 0) is 21.2 Å². The summed E-state index contributed by atoms with van der Waals surface area (Å²) in [7, 11) is -3.12. The molecule has 1 atom stereocenters. The molecule has 10 heteroatoms. The number of halogens is 2. The molecular weight excluding hydrogens is 425 g/mol. The number of hydrogen-bond acceptors (Lipinski definition) is 5. The van der Waals surface area contributed by atoms with Crippen LogP contribution in [0, 0.1) is 0 Å². The second-order valence-electron chi connectivity index (χ2n) is 6.96. The fourth-order valence-electron chi connectivity index (χ4n) is 3.40. The van der Waals surface area contributed by atoms with E-state index in [0.717, 1.165) is 12.8 Å². The molecule has 0 radical (unpaired) electrons. The minimum Gasteiger partial charge on any atom is -0.337 e. The van der Waals surface area contributed by atoms with E-state index in [-0.39, 0.29) is 40.4 Å². The van der Waals surface area contributed by atoms with E-state index in [9.17, 15) is 18.0 Å². The van der Waals surface area contributed by atoms with Crippen LogP contribution in [0.25, 0.3) is 10.9 Å². The van der Waals surface area contributed by atoms with Crippen molar-refractivity contribution in [3.8, 4) is 0 Å². The average molecular weight is 446 g/mol. The molecule has 3 rings (SSSR count). The van der Waals surface area contributed by atoms with Crippen molar-refractivity contribution < 1.29 is 13.2 Å². The third-order valence-electron chi connectivity index (χ3n) is 4.87. The summed E-state index contributed by atoms with van der Waals surface area (Å²) < 4.78 is 24.9. The predicted octanol–water partition coefficient (Wildman–Crippen LogP) is 2.52. The molecule has 1 fully saturated rings. The van der Waals surface area contributed by atoms with Gasteiger partial charge in [-0.2, -0.15) is 0 Å². The molecule has 2 heterocycles. The van der Waals surface area contributed by atoms with Gasteiger partial charge in [-0.15, -0.1) is 0 Å². The number of nitrogens with zero attached hydrogens (tertiary/aromatic N) is 3. The first kappa shape index (κ1) is 21.1. The van der Waals surface area contributed by atoms with Crippen molar-refractivity contribution in [2.24, 2.45) is 0 Å². The van der Waals surface area contributed by atoms with E-state index in [0.29, 0.717) is 23.5 Å². The molecule has 1 amide bonds. The quantitative estimate of drug-likeness (QED) is 0.681. The molecule has 0 spiro atoms. The Morgan fingerprint density at radius 2 is 2.11 bits per heavy atom. The van der Waals surface area contributed by atoms with Gasteiger partial charge in [0.15, 0.2) is 9.84 Å². The van der Waals surface area contributed by atoms with E-state index in [1.807, 2.05) is 6.92 Å². The molecule has 1 aliphatic heterocycles. The number of unbranched alkanes of at least 4 members (excludes halogenated alkanes) is 1. The number of sulfone groups is 1. The van der Waals surface area contributed by atoms with Crippen LogP contribution >= 0.6 is 23.2 Å². The Bertz CT molecular complexity index is 1070. The largest absolute Gasteiger partial charge is 0.337 e. The summed E-state index contributed by atoms with van der Waals surface area (Å²) in [4.78, 5) is 31.5. The smallest absolute Gasteiger partial charge is 0.261 e. The SMILES string of the molecule is CCCCN(C(=O)Cn1cnc2c(Cl)cc(Cl)cc2c1=O)C1CCS(=O)(=O)C1. The van der Waals surface area contributed by atoms with Gasteiger partial charge >= 0.3 is 0 Å². The number of hydrogen-bond donors (Lipinski definition) is 0. The summed E-state index contributed by atoms with van der Waals surface area (Å²) >= 11 is 12.1. The fraction of sp³-hybridized carbons (Fsp3) is 0.500. The third-order valence-corrected chi connectivity index (χ3v) is 7.13. The maximum Gasteiger partial charge on any atom is 0.261 e.